The van der Waals surface area contributed by atoms with Gasteiger partial charge in [0.05, 0.1) is 10.6 Å². The van der Waals surface area contributed by atoms with Gasteiger partial charge < -0.3 is 9.73 Å². The molecule has 3 rings (SSSR count). The summed E-state index contributed by atoms with van der Waals surface area (Å²) in [4.78, 5) is 15.5. The summed E-state index contributed by atoms with van der Waals surface area (Å²) in [5.41, 5.74) is 3.94. The second-order valence-electron chi connectivity index (χ2n) is 4.82. The average molecular weight is 301 g/mol. The molecule has 0 atom stereocenters. The van der Waals surface area contributed by atoms with Crippen LogP contribution in [0.4, 0.5) is 5.69 Å². The smallest absolute Gasteiger partial charge is 0.228 e. The third-order valence-electron chi connectivity index (χ3n) is 3.14. The summed E-state index contributed by atoms with van der Waals surface area (Å²) in [6, 6.07) is 11.0. The molecule has 0 radical (unpaired) electrons. The molecule has 0 fully saturated rings. The first-order valence-electron chi connectivity index (χ1n) is 6.48. The molecule has 1 N–H and O–H groups in total. The van der Waals surface area contributed by atoms with Crippen LogP contribution in [0.3, 0.4) is 0 Å². The third-order valence-corrected chi connectivity index (χ3v) is 3.45. The number of carbonyl (C=O) groups excluding carboxylic acids is 1. The molecule has 3 aromatic rings. The van der Waals surface area contributed by atoms with Crippen LogP contribution < -0.4 is 5.32 Å². The van der Waals surface area contributed by atoms with Crippen LogP contribution >= 0.6 is 11.6 Å². The van der Waals surface area contributed by atoms with Gasteiger partial charge in [0.25, 0.3) is 0 Å². The van der Waals surface area contributed by atoms with Crippen LogP contribution in [0.5, 0.6) is 0 Å². The summed E-state index contributed by atoms with van der Waals surface area (Å²) in [5, 5.41) is 3.16. The molecular formula is C16H13ClN2O2. The molecule has 2 aromatic carbocycles. The van der Waals surface area contributed by atoms with Gasteiger partial charge in [-0.2, -0.15) is 0 Å². The molecule has 0 saturated heterocycles. The van der Waals surface area contributed by atoms with Crippen molar-refractivity contribution in [3.63, 3.8) is 0 Å². The van der Waals surface area contributed by atoms with Gasteiger partial charge in [0.2, 0.25) is 11.8 Å². The van der Waals surface area contributed by atoms with E-state index >= 15 is 0 Å². The topological polar surface area (TPSA) is 55.1 Å². The average Bonchev–Trinajstić information content (AvgIpc) is 2.83. The molecule has 4 nitrogen and oxygen atoms in total. The van der Waals surface area contributed by atoms with E-state index in [1.807, 2.05) is 25.1 Å². The van der Waals surface area contributed by atoms with E-state index in [1.165, 1.54) is 6.92 Å². The number of carbonyl (C=O) groups is 1. The van der Waals surface area contributed by atoms with Gasteiger partial charge in [0, 0.05) is 12.6 Å². The fourth-order valence-corrected chi connectivity index (χ4v) is 2.43. The lowest BCUT2D eigenvalue weighted by molar-refractivity contribution is -0.114. The minimum atomic E-state index is -0.142. The standard InChI is InChI=1S/C16H13ClN2O2/c1-9-4-3-5-14-15(9)19-16(21-14)12-7-6-11(8-13(12)17)18-10(2)20/h3-8H,1-2H3,(H,18,20). The van der Waals surface area contributed by atoms with E-state index in [2.05, 4.69) is 10.3 Å². The highest BCUT2D eigenvalue weighted by Crippen LogP contribution is 2.32. The van der Waals surface area contributed by atoms with Crippen molar-refractivity contribution in [3.05, 3.63) is 47.0 Å². The molecule has 21 heavy (non-hydrogen) atoms. The largest absolute Gasteiger partial charge is 0.436 e. The highest BCUT2D eigenvalue weighted by molar-refractivity contribution is 6.33. The highest BCUT2D eigenvalue weighted by Gasteiger charge is 2.13. The molecule has 5 heteroatoms. The maximum absolute atomic E-state index is 11.0. The number of hydrogen-bond donors (Lipinski definition) is 1. The third kappa shape index (κ3) is 2.62. The number of amides is 1. The second-order valence-corrected chi connectivity index (χ2v) is 5.22. The van der Waals surface area contributed by atoms with Crippen molar-refractivity contribution in [2.45, 2.75) is 13.8 Å². The molecule has 1 amide bonds. The van der Waals surface area contributed by atoms with E-state index in [9.17, 15) is 4.79 Å². The summed E-state index contributed by atoms with van der Waals surface area (Å²) < 4.78 is 5.75. The number of nitrogens with zero attached hydrogens (tertiary/aromatic N) is 1. The van der Waals surface area contributed by atoms with E-state index in [4.69, 9.17) is 16.0 Å². The number of anilines is 1. The van der Waals surface area contributed by atoms with Crippen LogP contribution in [0.15, 0.2) is 40.8 Å². The van der Waals surface area contributed by atoms with Crippen molar-refractivity contribution in [2.24, 2.45) is 0 Å². The molecule has 1 heterocycles. The number of aromatic nitrogens is 1. The van der Waals surface area contributed by atoms with Crippen LogP contribution in [-0.4, -0.2) is 10.9 Å². The Morgan fingerprint density at radius 3 is 2.76 bits per heavy atom. The SMILES string of the molecule is CC(=O)Nc1ccc(-c2nc3c(C)cccc3o2)c(Cl)c1. The van der Waals surface area contributed by atoms with Gasteiger partial charge in [0.15, 0.2) is 5.58 Å². The summed E-state index contributed by atoms with van der Waals surface area (Å²) >= 11 is 6.26. The minimum Gasteiger partial charge on any atom is -0.436 e. The van der Waals surface area contributed by atoms with Crippen LogP contribution in [0, 0.1) is 6.92 Å². The number of halogens is 1. The maximum Gasteiger partial charge on any atom is 0.228 e. The Labute approximate surface area is 126 Å². The number of oxazole rings is 1. The minimum absolute atomic E-state index is 0.142. The van der Waals surface area contributed by atoms with Crippen LogP contribution in [0.2, 0.25) is 5.02 Å². The zero-order chi connectivity index (χ0) is 15.0. The van der Waals surface area contributed by atoms with Crippen molar-refractivity contribution in [1.82, 2.24) is 4.98 Å². The molecular weight excluding hydrogens is 288 g/mol. The van der Waals surface area contributed by atoms with E-state index in [1.54, 1.807) is 18.2 Å². The lowest BCUT2D eigenvalue weighted by Gasteiger charge is -2.04. The van der Waals surface area contributed by atoms with Gasteiger partial charge in [-0.25, -0.2) is 4.98 Å². The number of fused-ring (bicyclic) bond motifs is 1. The van der Waals surface area contributed by atoms with Gasteiger partial charge in [0.1, 0.15) is 5.52 Å². The predicted octanol–water partition coefficient (Wildman–Crippen LogP) is 4.42. The maximum atomic E-state index is 11.0. The molecule has 0 aliphatic heterocycles. The predicted molar refractivity (Wildman–Crippen MR) is 83.5 cm³/mol. The summed E-state index contributed by atoms with van der Waals surface area (Å²) in [6.45, 7) is 3.43. The Morgan fingerprint density at radius 1 is 1.29 bits per heavy atom. The molecule has 1 aromatic heterocycles. The van der Waals surface area contributed by atoms with Crippen LogP contribution in [0.25, 0.3) is 22.6 Å². The zero-order valence-corrected chi connectivity index (χ0v) is 12.4. The number of aryl methyl sites for hydroxylation is 1. The van der Waals surface area contributed by atoms with Crippen molar-refractivity contribution in [1.29, 1.82) is 0 Å². The van der Waals surface area contributed by atoms with E-state index < -0.39 is 0 Å². The first-order valence-corrected chi connectivity index (χ1v) is 6.86. The molecule has 0 aliphatic carbocycles. The Morgan fingerprint density at radius 2 is 2.10 bits per heavy atom. The normalized spacial score (nSPS) is 10.8. The molecule has 0 spiro atoms. The second kappa shape index (κ2) is 5.22. The van der Waals surface area contributed by atoms with Crippen molar-refractivity contribution in [2.75, 3.05) is 5.32 Å². The molecule has 0 saturated carbocycles. The van der Waals surface area contributed by atoms with E-state index in [0.717, 1.165) is 16.7 Å². The molecule has 0 unspecified atom stereocenters. The number of benzene rings is 2. The van der Waals surface area contributed by atoms with Gasteiger partial charge in [-0.05, 0) is 36.8 Å². The number of rotatable bonds is 2. The Hall–Kier alpha value is -2.33. The van der Waals surface area contributed by atoms with E-state index in [0.29, 0.717) is 22.2 Å². The Bertz CT molecular complexity index is 839. The fourth-order valence-electron chi connectivity index (χ4n) is 2.17. The summed E-state index contributed by atoms with van der Waals surface area (Å²) in [5.74, 6) is 0.329. The lowest BCUT2D eigenvalue weighted by atomic mass is 10.2. The molecule has 0 aliphatic rings. The van der Waals surface area contributed by atoms with E-state index in [-0.39, 0.29) is 5.91 Å². The molecule has 106 valence electrons. The van der Waals surface area contributed by atoms with Crippen molar-refractivity contribution in [3.8, 4) is 11.5 Å². The monoisotopic (exact) mass is 300 g/mol. The number of nitrogens with one attached hydrogen (secondary N) is 1. The Balaban J connectivity index is 2.06. The zero-order valence-electron chi connectivity index (χ0n) is 11.6. The number of para-hydroxylation sites is 1. The Kier molecular flexibility index (Phi) is 3.39. The first kappa shape index (κ1) is 13.6. The summed E-state index contributed by atoms with van der Waals surface area (Å²) in [7, 11) is 0. The van der Waals surface area contributed by atoms with Gasteiger partial charge in [-0.1, -0.05) is 23.7 Å². The lowest BCUT2D eigenvalue weighted by Crippen LogP contribution is -2.05. The highest BCUT2D eigenvalue weighted by atomic mass is 35.5. The van der Waals surface area contributed by atoms with Crippen LogP contribution in [0.1, 0.15) is 12.5 Å². The van der Waals surface area contributed by atoms with Gasteiger partial charge in [-0.15, -0.1) is 0 Å². The van der Waals surface area contributed by atoms with Gasteiger partial charge in [-0.3, -0.25) is 4.79 Å². The first-order chi connectivity index (χ1) is 10.0. The fraction of sp³-hybridized carbons (Fsp3) is 0.125. The molecule has 0 bridgehead atoms. The van der Waals surface area contributed by atoms with Gasteiger partial charge >= 0.3 is 0 Å². The van der Waals surface area contributed by atoms with Crippen molar-refractivity contribution >= 4 is 34.3 Å². The summed E-state index contributed by atoms with van der Waals surface area (Å²) in [6.07, 6.45) is 0. The van der Waals surface area contributed by atoms with Crippen LogP contribution in [-0.2, 0) is 4.79 Å². The van der Waals surface area contributed by atoms with Crippen molar-refractivity contribution < 1.29 is 9.21 Å². The quantitative estimate of drug-likeness (QED) is 0.762. The number of hydrogen-bond acceptors (Lipinski definition) is 3.